The van der Waals surface area contributed by atoms with Gasteiger partial charge in [0.2, 0.25) is 0 Å². The summed E-state index contributed by atoms with van der Waals surface area (Å²) >= 11 is 3.33. The number of aliphatic hydroxyl groups is 1. The third-order valence-corrected chi connectivity index (χ3v) is 3.92. The minimum Gasteiger partial charge on any atom is -0.388 e. The largest absolute Gasteiger partial charge is 0.388 e. The molecule has 2 nitrogen and oxygen atoms in total. The summed E-state index contributed by atoms with van der Waals surface area (Å²) in [4.78, 5) is 4.26. The fourth-order valence-electron chi connectivity index (χ4n) is 2.41. The minimum atomic E-state index is -0.718. The summed E-state index contributed by atoms with van der Waals surface area (Å²) in [5.74, 6) is -0.275. The zero-order valence-corrected chi connectivity index (χ0v) is 12.7. The molecule has 0 aliphatic heterocycles. The molecule has 0 aliphatic carbocycles. The Kier molecular flexibility index (Phi) is 3.99. The standard InChI is InChI=1S/C17H13BrFNO/c18-11-5-6-12(20-10-11)9-17(21)15-7-8-16(19)14-4-2-1-3-13(14)15/h1-8,10,17,21H,9H2. The van der Waals surface area contributed by atoms with E-state index in [1.807, 2.05) is 24.3 Å². The fraction of sp³-hybridized carbons (Fsp3) is 0.118. The molecule has 106 valence electrons. The molecular weight excluding hydrogens is 333 g/mol. The van der Waals surface area contributed by atoms with Crippen molar-refractivity contribution in [1.29, 1.82) is 0 Å². The molecule has 1 atom stereocenters. The molecule has 1 heterocycles. The molecule has 0 amide bonds. The number of benzene rings is 2. The van der Waals surface area contributed by atoms with Crippen LogP contribution in [0.25, 0.3) is 10.8 Å². The van der Waals surface area contributed by atoms with Crippen molar-refractivity contribution in [2.45, 2.75) is 12.5 Å². The van der Waals surface area contributed by atoms with Crippen LogP contribution in [-0.2, 0) is 6.42 Å². The molecule has 1 unspecified atom stereocenters. The maximum absolute atomic E-state index is 13.8. The van der Waals surface area contributed by atoms with E-state index < -0.39 is 6.10 Å². The van der Waals surface area contributed by atoms with E-state index in [0.717, 1.165) is 21.1 Å². The number of pyridine rings is 1. The molecule has 0 fully saturated rings. The maximum atomic E-state index is 13.8. The highest BCUT2D eigenvalue weighted by atomic mass is 79.9. The topological polar surface area (TPSA) is 33.1 Å². The highest BCUT2D eigenvalue weighted by Gasteiger charge is 2.14. The lowest BCUT2D eigenvalue weighted by Crippen LogP contribution is -2.04. The minimum absolute atomic E-state index is 0.275. The van der Waals surface area contributed by atoms with Gasteiger partial charge in [0.05, 0.1) is 6.10 Å². The second-order valence-electron chi connectivity index (χ2n) is 4.87. The second-order valence-corrected chi connectivity index (χ2v) is 5.79. The summed E-state index contributed by atoms with van der Waals surface area (Å²) in [5.41, 5.74) is 1.51. The van der Waals surface area contributed by atoms with Crippen molar-refractivity contribution in [3.63, 3.8) is 0 Å². The van der Waals surface area contributed by atoms with Gasteiger partial charge in [0, 0.05) is 28.2 Å². The zero-order chi connectivity index (χ0) is 14.8. The molecular formula is C17H13BrFNO. The van der Waals surface area contributed by atoms with Crippen molar-refractivity contribution >= 4 is 26.7 Å². The van der Waals surface area contributed by atoms with Gasteiger partial charge in [-0.3, -0.25) is 4.98 Å². The van der Waals surface area contributed by atoms with Crippen molar-refractivity contribution < 1.29 is 9.50 Å². The van der Waals surface area contributed by atoms with Gasteiger partial charge in [0.1, 0.15) is 5.82 Å². The summed E-state index contributed by atoms with van der Waals surface area (Å²) < 4.78 is 14.7. The molecule has 21 heavy (non-hydrogen) atoms. The molecule has 1 aromatic heterocycles. The van der Waals surface area contributed by atoms with E-state index in [1.54, 1.807) is 24.4 Å². The molecule has 3 aromatic rings. The van der Waals surface area contributed by atoms with Gasteiger partial charge in [-0.25, -0.2) is 4.39 Å². The highest BCUT2D eigenvalue weighted by molar-refractivity contribution is 9.10. The third kappa shape index (κ3) is 2.96. The Hall–Kier alpha value is -1.78. The molecule has 4 heteroatoms. The second kappa shape index (κ2) is 5.92. The molecule has 1 N–H and O–H groups in total. The average molecular weight is 346 g/mol. The Morgan fingerprint density at radius 3 is 2.52 bits per heavy atom. The zero-order valence-electron chi connectivity index (χ0n) is 11.1. The summed E-state index contributed by atoms with van der Waals surface area (Å²) in [6.07, 6.45) is 1.37. The number of aromatic nitrogens is 1. The molecule has 0 saturated carbocycles. The van der Waals surface area contributed by atoms with Crippen LogP contribution < -0.4 is 0 Å². The van der Waals surface area contributed by atoms with Crippen molar-refractivity contribution in [3.05, 3.63) is 76.3 Å². The van der Waals surface area contributed by atoms with Gasteiger partial charge in [0.15, 0.2) is 0 Å². The van der Waals surface area contributed by atoms with Gasteiger partial charge >= 0.3 is 0 Å². The van der Waals surface area contributed by atoms with Crippen LogP contribution in [0.2, 0.25) is 0 Å². The average Bonchev–Trinajstić information content (AvgIpc) is 2.50. The summed E-state index contributed by atoms with van der Waals surface area (Å²) in [7, 11) is 0. The van der Waals surface area contributed by atoms with Crippen LogP contribution in [0.5, 0.6) is 0 Å². The summed E-state index contributed by atoms with van der Waals surface area (Å²) in [6.45, 7) is 0. The van der Waals surface area contributed by atoms with Crippen molar-refractivity contribution in [2.24, 2.45) is 0 Å². The lowest BCUT2D eigenvalue weighted by molar-refractivity contribution is 0.178. The molecule has 0 bridgehead atoms. The first kappa shape index (κ1) is 14.2. The SMILES string of the molecule is OC(Cc1ccc(Br)cn1)c1ccc(F)c2ccccc12. The van der Waals surface area contributed by atoms with Gasteiger partial charge in [-0.05, 0) is 45.1 Å². The number of hydrogen-bond acceptors (Lipinski definition) is 2. The van der Waals surface area contributed by atoms with Gasteiger partial charge in [-0.2, -0.15) is 0 Å². The van der Waals surface area contributed by atoms with Crippen LogP contribution >= 0.6 is 15.9 Å². The number of aliphatic hydroxyl groups excluding tert-OH is 1. The van der Waals surface area contributed by atoms with E-state index in [2.05, 4.69) is 20.9 Å². The van der Waals surface area contributed by atoms with Crippen LogP contribution in [0.15, 0.2) is 59.2 Å². The third-order valence-electron chi connectivity index (χ3n) is 3.45. The van der Waals surface area contributed by atoms with Crippen LogP contribution in [0.1, 0.15) is 17.4 Å². The number of fused-ring (bicyclic) bond motifs is 1. The van der Waals surface area contributed by atoms with Crippen LogP contribution in [-0.4, -0.2) is 10.1 Å². The maximum Gasteiger partial charge on any atom is 0.131 e. The molecule has 0 aliphatic rings. The van der Waals surface area contributed by atoms with Crippen LogP contribution in [0.3, 0.4) is 0 Å². The predicted molar refractivity (Wildman–Crippen MR) is 84.5 cm³/mol. The van der Waals surface area contributed by atoms with E-state index in [0.29, 0.717) is 11.8 Å². The Labute approximate surface area is 130 Å². The first-order chi connectivity index (χ1) is 10.1. The fourth-order valence-corrected chi connectivity index (χ4v) is 2.65. The quantitative estimate of drug-likeness (QED) is 0.762. The molecule has 2 aromatic carbocycles. The van der Waals surface area contributed by atoms with Crippen LogP contribution in [0, 0.1) is 5.82 Å². The monoisotopic (exact) mass is 345 g/mol. The van der Waals surface area contributed by atoms with E-state index in [-0.39, 0.29) is 5.82 Å². The van der Waals surface area contributed by atoms with Gasteiger partial charge in [-0.15, -0.1) is 0 Å². The Bertz CT molecular complexity index is 773. The summed E-state index contributed by atoms with van der Waals surface area (Å²) in [6, 6.07) is 14.0. The number of nitrogens with zero attached hydrogens (tertiary/aromatic N) is 1. The number of halogens is 2. The Balaban J connectivity index is 1.96. The molecule has 0 radical (unpaired) electrons. The lowest BCUT2D eigenvalue weighted by atomic mass is 9.97. The van der Waals surface area contributed by atoms with E-state index in [9.17, 15) is 9.50 Å². The predicted octanol–water partition coefficient (Wildman–Crippen LogP) is 4.41. The Morgan fingerprint density at radius 1 is 1.05 bits per heavy atom. The van der Waals surface area contributed by atoms with Gasteiger partial charge in [-0.1, -0.05) is 30.3 Å². The smallest absolute Gasteiger partial charge is 0.131 e. The van der Waals surface area contributed by atoms with Gasteiger partial charge in [0.25, 0.3) is 0 Å². The number of rotatable bonds is 3. The first-order valence-electron chi connectivity index (χ1n) is 6.61. The van der Waals surface area contributed by atoms with E-state index in [4.69, 9.17) is 0 Å². The van der Waals surface area contributed by atoms with Gasteiger partial charge < -0.3 is 5.11 Å². The van der Waals surface area contributed by atoms with Crippen molar-refractivity contribution in [2.75, 3.05) is 0 Å². The highest BCUT2D eigenvalue weighted by Crippen LogP contribution is 2.28. The van der Waals surface area contributed by atoms with E-state index >= 15 is 0 Å². The van der Waals surface area contributed by atoms with E-state index in [1.165, 1.54) is 6.07 Å². The number of hydrogen-bond donors (Lipinski definition) is 1. The Morgan fingerprint density at radius 2 is 1.81 bits per heavy atom. The van der Waals surface area contributed by atoms with Crippen molar-refractivity contribution in [1.82, 2.24) is 4.98 Å². The van der Waals surface area contributed by atoms with Crippen LogP contribution in [0.4, 0.5) is 4.39 Å². The summed E-state index contributed by atoms with van der Waals surface area (Å²) in [5, 5.41) is 11.7. The lowest BCUT2D eigenvalue weighted by Gasteiger charge is -2.14. The molecule has 3 rings (SSSR count). The first-order valence-corrected chi connectivity index (χ1v) is 7.40. The molecule has 0 spiro atoms. The molecule has 0 saturated heterocycles. The van der Waals surface area contributed by atoms with Crippen molar-refractivity contribution in [3.8, 4) is 0 Å². The normalized spacial score (nSPS) is 12.5.